The number of sulfonamides is 1. The molecule has 0 saturated carbocycles. The molecule has 0 unspecified atom stereocenters. The highest BCUT2D eigenvalue weighted by molar-refractivity contribution is 7.98. The third-order valence-electron chi connectivity index (χ3n) is 3.37. The van der Waals surface area contributed by atoms with E-state index in [-0.39, 0.29) is 22.1 Å². The molecule has 0 saturated heterocycles. The minimum atomic E-state index is -3.98. The van der Waals surface area contributed by atoms with Crippen molar-refractivity contribution in [2.24, 2.45) is 0 Å². The maximum atomic E-state index is 12.7. The van der Waals surface area contributed by atoms with Crippen LogP contribution in [0.1, 0.15) is 17.3 Å². The number of rotatable bonds is 6. The quantitative estimate of drug-likeness (QED) is 0.577. The molecule has 0 spiro atoms. The van der Waals surface area contributed by atoms with E-state index in [4.69, 9.17) is 0 Å². The molecule has 0 aliphatic heterocycles. The molecule has 2 N–H and O–H groups in total. The number of carbonyl (C=O) groups excluding carboxylic acids is 2. The summed E-state index contributed by atoms with van der Waals surface area (Å²) in [6.07, 6.45) is 1.82. The zero-order valence-corrected chi connectivity index (χ0v) is 16.0. The number of esters is 1. The molecule has 0 atom stereocenters. The molecule has 2 rings (SSSR count). The highest BCUT2D eigenvalue weighted by Gasteiger charge is 2.20. The van der Waals surface area contributed by atoms with Crippen molar-refractivity contribution >= 4 is 45.0 Å². The third kappa shape index (κ3) is 4.55. The van der Waals surface area contributed by atoms with Gasteiger partial charge in [-0.25, -0.2) is 13.2 Å². The zero-order chi connectivity index (χ0) is 19.3. The summed E-state index contributed by atoms with van der Waals surface area (Å²) in [6, 6.07) is 10.5. The number of ether oxygens (including phenoxy) is 1. The molecule has 0 radical (unpaired) electrons. The van der Waals surface area contributed by atoms with Crippen molar-refractivity contribution in [1.82, 2.24) is 0 Å². The first-order valence-electron chi connectivity index (χ1n) is 7.44. The highest BCUT2D eigenvalue weighted by Crippen LogP contribution is 2.29. The fourth-order valence-electron chi connectivity index (χ4n) is 2.21. The van der Waals surface area contributed by atoms with Gasteiger partial charge in [-0.2, -0.15) is 0 Å². The van der Waals surface area contributed by atoms with Crippen LogP contribution >= 0.6 is 11.8 Å². The largest absolute Gasteiger partial charge is 0.465 e. The summed E-state index contributed by atoms with van der Waals surface area (Å²) in [4.78, 5) is 23.8. The summed E-state index contributed by atoms with van der Waals surface area (Å²) in [5, 5.41) is 2.61. The van der Waals surface area contributed by atoms with E-state index < -0.39 is 16.0 Å². The lowest BCUT2D eigenvalue weighted by molar-refractivity contribution is -0.114. The van der Waals surface area contributed by atoms with E-state index in [1.54, 1.807) is 18.2 Å². The predicted molar refractivity (Wildman–Crippen MR) is 101 cm³/mol. The van der Waals surface area contributed by atoms with Gasteiger partial charge in [0, 0.05) is 11.8 Å². The molecule has 2 aromatic carbocycles. The topological polar surface area (TPSA) is 102 Å². The molecule has 1 amide bonds. The first-order chi connectivity index (χ1) is 12.3. The van der Waals surface area contributed by atoms with Gasteiger partial charge in [-0.3, -0.25) is 9.52 Å². The molecule has 9 heteroatoms. The Bertz CT molecular complexity index is 942. The van der Waals surface area contributed by atoms with Gasteiger partial charge in [0.2, 0.25) is 5.91 Å². The minimum Gasteiger partial charge on any atom is -0.465 e. The Balaban J connectivity index is 2.43. The fourth-order valence-corrected chi connectivity index (χ4v) is 3.84. The molecule has 2 aromatic rings. The summed E-state index contributed by atoms with van der Waals surface area (Å²) in [5.41, 5.74) is 0.602. The molecule has 7 nitrogen and oxygen atoms in total. The SMILES string of the molecule is COC(=O)c1ccccc1NS(=O)(=O)c1ccc(SC)c(NC(C)=O)c1. The molecule has 0 aromatic heterocycles. The molecular weight excluding hydrogens is 376 g/mol. The average molecular weight is 394 g/mol. The van der Waals surface area contributed by atoms with E-state index in [2.05, 4.69) is 14.8 Å². The van der Waals surface area contributed by atoms with Crippen molar-refractivity contribution in [3.63, 3.8) is 0 Å². The Morgan fingerprint density at radius 1 is 1.08 bits per heavy atom. The second-order valence-electron chi connectivity index (χ2n) is 5.19. The van der Waals surface area contributed by atoms with Crippen molar-refractivity contribution in [2.45, 2.75) is 16.7 Å². The van der Waals surface area contributed by atoms with E-state index in [0.717, 1.165) is 4.90 Å². The van der Waals surface area contributed by atoms with Gasteiger partial charge in [-0.1, -0.05) is 12.1 Å². The first kappa shape index (κ1) is 19.8. The second kappa shape index (κ2) is 8.24. The van der Waals surface area contributed by atoms with Crippen LogP contribution in [0.5, 0.6) is 0 Å². The highest BCUT2D eigenvalue weighted by atomic mass is 32.2. The van der Waals surface area contributed by atoms with E-state index in [1.165, 1.54) is 50.1 Å². The Morgan fingerprint density at radius 2 is 1.77 bits per heavy atom. The molecule has 0 heterocycles. The van der Waals surface area contributed by atoms with Crippen molar-refractivity contribution in [3.05, 3.63) is 48.0 Å². The van der Waals surface area contributed by atoms with Crippen LogP contribution in [-0.4, -0.2) is 33.7 Å². The summed E-state index contributed by atoms with van der Waals surface area (Å²) in [7, 11) is -2.76. The van der Waals surface area contributed by atoms with Crippen LogP contribution in [0.15, 0.2) is 52.3 Å². The average Bonchev–Trinajstić information content (AvgIpc) is 2.60. The van der Waals surface area contributed by atoms with Crippen molar-refractivity contribution < 1.29 is 22.7 Å². The first-order valence-corrected chi connectivity index (χ1v) is 10.1. The smallest absolute Gasteiger partial charge is 0.339 e. The van der Waals surface area contributed by atoms with Gasteiger partial charge >= 0.3 is 5.97 Å². The number of para-hydroxylation sites is 1. The van der Waals surface area contributed by atoms with E-state index in [0.29, 0.717) is 5.69 Å². The molecule has 26 heavy (non-hydrogen) atoms. The Morgan fingerprint density at radius 3 is 2.38 bits per heavy atom. The second-order valence-corrected chi connectivity index (χ2v) is 7.72. The van der Waals surface area contributed by atoms with Crippen LogP contribution in [0, 0.1) is 0 Å². The van der Waals surface area contributed by atoms with Gasteiger partial charge < -0.3 is 10.1 Å². The van der Waals surface area contributed by atoms with Crippen LogP contribution in [0.2, 0.25) is 0 Å². The lowest BCUT2D eigenvalue weighted by Crippen LogP contribution is -2.16. The molecule has 138 valence electrons. The monoisotopic (exact) mass is 394 g/mol. The molecular formula is C17H18N2O5S2. The van der Waals surface area contributed by atoms with E-state index in [1.807, 2.05) is 6.26 Å². The van der Waals surface area contributed by atoms with Crippen molar-refractivity contribution in [2.75, 3.05) is 23.4 Å². The van der Waals surface area contributed by atoms with Gasteiger partial charge in [0.05, 0.1) is 28.9 Å². The minimum absolute atomic E-state index is 0.0429. The maximum Gasteiger partial charge on any atom is 0.339 e. The molecule has 0 aliphatic carbocycles. The van der Waals surface area contributed by atoms with Crippen LogP contribution in [0.25, 0.3) is 0 Å². The van der Waals surface area contributed by atoms with Crippen LogP contribution in [0.4, 0.5) is 11.4 Å². The van der Waals surface area contributed by atoms with Crippen LogP contribution < -0.4 is 10.0 Å². The number of nitrogens with one attached hydrogen (secondary N) is 2. The van der Waals surface area contributed by atoms with Gasteiger partial charge in [-0.05, 0) is 36.6 Å². The van der Waals surface area contributed by atoms with Gasteiger partial charge in [0.25, 0.3) is 10.0 Å². The predicted octanol–water partition coefficient (Wildman–Crippen LogP) is 2.95. The van der Waals surface area contributed by atoms with Crippen LogP contribution in [0.3, 0.4) is 0 Å². The molecule has 0 bridgehead atoms. The Labute approximate surface area is 156 Å². The number of anilines is 2. The molecule has 0 aliphatic rings. The Hall–Kier alpha value is -2.52. The number of benzene rings is 2. The molecule has 0 fully saturated rings. The fraction of sp³-hybridized carbons (Fsp3) is 0.176. The number of thioether (sulfide) groups is 1. The summed E-state index contributed by atoms with van der Waals surface area (Å²) in [5.74, 6) is -0.959. The van der Waals surface area contributed by atoms with Gasteiger partial charge in [-0.15, -0.1) is 11.8 Å². The summed E-state index contributed by atoms with van der Waals surface area (Å²) >= 11 is 1.38. The number of methoxy groups -OCH3 is 1. The number of hydrogen-bond acceptors (Lipinski definition) is 6. The zero-order valence-electron chi connectivity index (χ0n) is 14.4. The van der Waals surface area contributed by atoms with Gasteiger partial charge in [0.15, 0.2) is 0 Å². The van der Waals surface area contributed by atoms with Crippen molar-refractivity contribution in [1.29, 1.82) is 0 Å². The van der Waals surface area contributed by atoms with Crippen LogP contribution in [-0.2, 0) is 19.6 Å². The lowest BCUT2D eigenvalue weighted by Gasteiger charge is -2.14. The third-order valence-corrected chi connectivity index (χ3v) is 5.53. The number of hydrogen-bond donors (Lipinski definition) is 2. The van der Waals surface area contributed by atoms with Gasteiger partial charge in [0.1, 0.15) is 0 Å². The standard InChI is InChI=1S/C17H18N2O5S2/c1-11(20)18-15-10-12(8-9-16(15)25-3)26(22,23)19-14-7-5-4-6-13(14)17(21)24-2/h4-10,19H,1-3H3,(H,18,20). The van der Waals surface area contributed by atoms with E-state index >= 15 is 0 Å². The number of amides is 1. The normalized spacial score (nSPS) is 10.9. The number of carbonyl (C=O) groups is 2. The summed E-state index contributed by atoms with van der Waals surface area (Å²) in [6.45, 7) is 1.34. The van der Waals surface area contributed by atoms with Crippen molar-refractivity contribution in [3.8, 4) is 0 Å². The Kier molecular flexibility index (Phi) is 6.27. The lowest BCUT2D eigenvalue weighted by atomic mass is 10.2. The maximum absolute atomic E-state index is 12.7. The van der Waals surface area contributed by atoms with E-state index in [9.17, 15) is 18.0 Å². The summed E-state index contributed by atoms with van der Waals surface area (Å²) < 4.78 is 32.5.